The van der Waals surface area contributed by atoms with E-state index in [0.29, 0.717) is 5.69 Å². The Morgan fingerprint density at radius 2 is 1.59 bits per heavy atom. The minimum Gasteiger partial charge on any atom is -0.352 e. The zero-order valence-corrected chi connectivity index (χ0v) is 15.6. The summed E-state index contributed by atoms with van der Waals surface area (Å²) in [5, 5.41) is 6.77. The third kappa shape index (κ3) is 4.78. The van der Waals surface area contributed by atoms with Crippen molar-refractivity contribution >= 4 is 17.8 Å². The monoisotopic (exact) mass is 392 g/mol. The lowest BCUT2D eigenvalue weighted by Crippen LogP contribution is -2.52. The molecular formula is C20H20N6O3. The number of aromatic nitrogens is 2. The molecule has 0 radical (unpaired) electrons. The molecular weight excluding hydrogens is 372 g/mol. The summed E-state index contributed by atoms with van der Waals surface area (Å²) in [6.45, 7) is 1.44. The molecule has 5 N–H and O–H groups in total. The molecule has 0 aliphatic rings. The van der Waals surface area contributed by atoms with Gasteiger partial charge in [-0.05, 0) is 19.1 Å². The van der Waals surface area contributed by atoms with Crippen LogP contribution in [-0.2, 0) is 4.79 Å². The van der Waals surface area contributed by atoms with Gasteiger partial charge in [-0.2, -0.15) is 5.10 Å². The SMILES string of the molecule is C[C@@H](NC(N)=O)C(=O)NNC(=O)c1cn(-c2ccccc2)nc1-c1ccccc1. The molecule has 9 heteroatoms. The largest absolute Gasteiger partial charge is 0.352 e. The van der Waals surface area contributed by atoms with Gasteiger partial charge in [-0.1, -0.05) is 48.5 Å². The molecule has 0 aliphatic carbocycles. The van der Waals surface area contributed by atoms with Gasteiger partial charge in [0.25, 0.3) is 11.8 Å². The molecule has 0 spiro atoms. The fourth-order valence-corrected chi connectivity index (χ4v) is 2.64. The number of nitrogens with one attached hydrogen (secondary N) is 3. The minimum absolute atomic E-state index is 0.274. The van der Waals surface area contributed by atoms with Crippen molar-refractivity contribution in [2.45, 2.75) is 13.0 Å². The maximum atomic E-state index is 12.7. The van der Waals surface area contributed by atoms with Crippen LogP contribution in [0.1, 0.15) is 17.3 Å². The quantitative estimate of drug-likeness (QED) is 0.488. The number of nitrogens with two attached hydrogens (primary N) is 1. The number of amides is 4. The van der Waals surface area contributed by atoms with Gasteiger partial charge in [-0.25, -0.2) is 9.48 Å². The Balaban J connectivity index is 1.85. The van der Waals surface area contributed by atoms with E-state index in [0.717, 1.165) is 11.3 Å². The zero-order chi connectivity index (χ0) is 20.8. The first kappa shape index (κ1) is 19.6. The van der Waals surface area contributed by atoms with Crippen LogP contribution < -0.4 is 21.9 Å². The van der Waals surface area contributed by atoms with E-state index in [-0.39, 0.29) is 5.56 Å². The van der Waals surface area contributed by atoms with Crippen LogP contribution >= 0.6 is 0 Å². The van der Waals surface area contributed by atoms with Crippen molar-refractivity contribution in [2.24, 2.45) is 5.73 Å². The van der Waals surface area contributed by atoms with Crippen LogP contribution in [0.5, 0.6) is 0 Å². The van der Waals surface area contributed by atoms with E-state index < -0.39 is 23.9 Å². The molecule has 9 nitrogen and oxygen atoms in total. The summed E-state index contributed by atoms with van der Waals surface area (Å²) in [6.07, 6.45) is 1.59. The molecule has 0 unspecified atom stereocenters. The molecule has 1 aromatic heterocycles. The lowest BCUT2D eigenvalue weighted by Gasteiger charge is -2.13. The van der Waals surface area contributed by atoms with Gasteiger partial charge in [0.2, 0.25) is 0 Å². The second-order valence-electron chi connectivity index (χ2n) is 6.21. The summed E-state index contributed by atoms with van der Waals surface area (Å²) in [4.78, 5) is 35.6. The number of primary amides is 1. The second-order valence-corrected chi connectivity index (χ2v) is 6.21. The second kappa shape index (κ2) is 8.70. The Morgan fingerprint density at radius 1 is 0.966 bits per heavy atom. The highest BCUT2D eigenvalue weighted by molar-refractivity contribution is 6.01. The number of hydrogen-bond donors (Lipinski definition) is 4. The third-order valence-electron chi connectivity index (χ3n) is 4.08. The third-order valence-corrected chi connectivity index (χ3v) is 4.08. The van der Waals surface area contributed by atoms with E-state index >= 15 is 0 Å². The van der Waals surface area contributed by atoms with E-state index in [1.807, 2.05) is 60.7 Å². The summed E-state index contributed by atoms with van der Waals surface area (Å²) < 4.78 is 1.59. The van der Waals surface area contributed by atoms with Gasteiger partial charge in [0.05, 0.1) is 11.3 Å². The summed E-state index contributed by atoms with van der Waals surface area (Å²) in [7, 11) is 0. The molecule has 0 saturated heterocycles. The Morgan fingerprint density at radius 3 is 2.21 bits per heavy atom. The number of nitrogens with zero attached hydrogens (tertiary/aromatic N) is 2. The first-order valence-corrected chi connectivity index (χ1v) is 8.82. The molecule has 3 rings (SSSR count). The molecule has 0 aliphatic heterocycles. The minimum atomic E-state index is -0.909. The van der Waals surface area contributed by atoms with Crippen LogP contribution in [0, 0.1) is 0 Å². The van der Waals surface area contributed by atoms with Crippen LogP contribution in [0.3, 0.4) is 0 Å². The zero-order valence-electron chi connectivity index (χ0n) is 15.6. The van der Waals surface area contributed by atoms with Crippen molar-refractivity contribution in [3.63, 3.8) is 0 Å². The topological polar surface area (TPSA) is 131 Å². The Bertz CT molecular complexity index is 1020. The molecule has 0 saturated carbocycles. The van der Waals surface area contributed by atoms with Crippen molar-refractivity contribution in [2.75, 3.05) is 0 Å². The number of benzene rings is 2. The first-order chi connectivity index (χ1) is 14.0. The summed E-state index contributed by atoms with van der Waals surface area (Å²) in [5.74, 6) is -1.17. The van der Waals surface area contributed by atoms with Crippen LogP contribution in [0.4, 0.5) is 4.79 Å². The van der Waals surface area contributed by atoms with E-state index in [2.05, 4.69) is 21.3 Å². The molecule has 2 aromatic carbocycles. The number of hydrogen-bond acceptors (Lipinski definition) is 4. The predicted octanol–water partition coefficient (Wildman–Crippen LogP) is 1.36. The van der Waals surface area contributed by atoms with Crippen molar-refractivity contribution in [1.82, 2.24) is 25.9 Å². The highest BCUT2D eigenvalue weighted by atomic mass is 16.2. The van der Waals surface area contributed by atoms with E-state index in [4.69, 9.17) is 5.73 Å². The van der Waals surface area contributed by atoms with Gasteiger partial charge in [-0.3, -0.25) is 20.4 Å². The van der Waals surface area contributed by atoms with Gasteiger partial charge < -0.3 is 11.1 Å². The van der Waals surface area contributed by atoms with Crippen LogP contribution in [0.2, 0.25) is 0 Å². The van der Waals surface area contributed by atoms with Gasteiger partial charge in [0.1, 0.15) is 11.7 Å². The highest BCUT2D eigenvalue weighted by Gasteiger charge is 2.20. The smallest absolute Gasteiger partial charge is 0.312 e. The number of hydrazine groups is 1. The highest BCUT2D eigenvalue weighted by Crippen LogP contribution is 2.23. The summed E-state index contributed by atoms with van der Waals surface area (Å²) >= 11 is 0. The molecule has 1 atom stereocenters. The van der Waals surface area contributed by atoms with Gasteiger partial charge in [0, 0.05) is 11.8 Å². The molecule has 148 valence electrons. The Kier molecular flexibility index (Phi) is 5.88. The van der Waals surface area contributed by atoms with Crippen LogP contribution in [-0.4, -0.2) is 33.7 Å². The number of carbonyl (C=O) groups is 3. The first-order valence-electron chi connectivity index (χ1n) is 8.82. The average Bonchev–Trinajstić information content (AvgIpc) is 3.18. The Hall–Kier alpha value is -4.14. The molecule has 29 heavy (non-hydrogen) atoms. The predicted molar refractivity (Wildman–Crippen MR) is 107 cm³/mol. The average molecular weight is 392 g/mol. The standard InChI is InChI=1S/C20H20N6O3/c1-13(22-20(21)29)18(27)23-24-19(28)16-12-26(15-10-6-3-7-11-15)25-17(16)14-8-4-2-5-9-14/h2-13H,1H3,(H,23,27)(H,24,28)(H3,21,22,29)/t13-/m1/s1. The maximum absolute atomic E-state index is 12.7. The van der Waals surface area contributed by atoms with Gasteiger partial charge in [-0.15, -0.1) is 0 Å². The lowest BCUT2D eigenvalue weighted by atomic mass is 10.1. The summed E-state index contributed by atoms with van der Waals surface area (Å²) in [5.41, 5.74) is 11.9. The Labute approximate surface area is 166 Å². The van der Waals surface area contributed by atoms with Crippen LogP contribution in [0.15, 0.2) is 66.9 Å². The maximum Gasteiger partial charge on any atom is 0.312 e. The van der Waals surface area contributed by atoms with Gasteiger partial charge >= 0.3 is 6.03 Å². The number of carbonyl (C=O) groups excluding carboxylic acids is 3. The van der Waals surface area contributed by atoms with E-state index in [1.165, 1.54) is 6.92 Å². The van der Waals surface area contributed by atoms with Crippen molar-refractivity contribution in [3.8, 4) is 16.9 Å². The van der Waals surface area contributed by atoms with Crippen molar-refractivity contribution in [1.29, 1.82) is 0 Å². The molecule has 0 bridgehead atoms. The number of para-hydroxylation sites is 1. The van der Waals surface area contributed by atoms with Crippen molar-refractivity contribution < 1.29 is 14.4 Å². The normalized spacial score (nSPS) is 11.3. The number of urea groups is 1. The summed E-state index contributed by atoms with van der Waals surface area (Å²) in [6, 6.07) is 16.8. The lowest BCUT2D eigenvalue weighted by molar-refractivity contribution is -0.123. The fraction of sp³-hybridized carbons (Fsp3) is 0.100. The molecule has 4 amide bonds. The van der Waals surface area contributed by atoms with E-state index in [9.17, 15) is 14.4 Å². The fourth-order valence-electron chi connectivity index (χ4n) is 2.64. The van der Waals surface area contributed by atoms with E-state index in [1.54, 1.807) is 10.9 Å². The van der Waals surface area contributed by atoms with Crippen LogP contribution in [0.25, 0.3) is 16.9 Å². The number of rotatable bonds is 5. The van der Waals surface area contributed by atoms with Gasteiger partial charge in [0.15, 0.2) is 0 Å². The van der Waals surface area contributed by atoms with Crippen molar-refractivity contribution in [3.05, 3.63) is 72.4 Å². The molecule has 3 aromatic rings. The molecule has 1 heterocycles. The molecule has 0 fully saturated rings.